The quantitative estimate of drug-likeness (QED) is 0.500. The van der Waals surface area contributed by atoms with Crippen molar-refractivity contribution >= 4 is 22.6 Å². The van der Waals surface area contributed by atoms with Crippen LogP contribution in [0, 0.1) is 3.57 Å². The number of hydrazine groups is 1. The van der Waals surface area contributed by atoms with Crippen LogP contribution in [0.15, 0.2) is 42.6 Å². The number of fused-ring (bicyclic) bond motifs is 1. The molecule has 1 heterocycles. The summed E-state index contributed by atoms with van der Waals surface area (Å²) in [5.41, 5.74) is 6.78. The highest BCUT2D eigenvalue weighted by Crippen LogP contribution is 2.40. The molecule has 0 amide bonds. The Kier molecular flexibility index (Phi) is 3.81. The van der Waals surface area contributed by atoms with Crippen molar-refractivity contribution in [2.24, 2.45) is 5.84 Å². The largest absolute Gasteiger partial charge is 0.271 e. The van der Waals surface area contributed by atoms with Gasteiger partial charge in [0.2, 0.25) is 0 Å². The molecule has 2 aromatic rings. The van der Waals surface area contributed by atoms with E-state index in [1.165, 1.54) is 20.4 Å². The Morgan fingerprint density at radius 2 is 2.21 bits per heavy atom. The van der Waals surface area contributed by atoms with E-state index >= 15 is 0 Å². The van der Waals surface area contributed by atoms with Gasteiger partial charge in [0.15, 0.2) is 0 Å². The summed E-state index contributed by atoms with van der Waals surface area (Å²) in [6, 6.07) is 12.8. The molecule has 0 spiro atoms. The smallest absolute Gasteiger partial charge is 0.0544 e. The minimum absolute atomic E-state index is 0.130. The lowest BCUT2D eigenvalue weighted by molar-refractivity contribution is 0.447. The molecule has 0 bridgehead atoms. The fourth-order valence-corrected chi connectivity index (χ4v) is 3.48. The number of nitrogens with two attached hydrogens (primary N) is 1. The van der Waals surface area contributed by atoms with E-state index in [2.05, 4.69) is 63.3 Å². The molecule has 0 radical (unpaired) electrons. The van der Waals surface area contributed by atoms with Crippen LogP contribution in [0.4, 0.5) is 0 Å². The lowest BCUT2D eigenvalue weighted by Gasteiger charge is -2.23. The third-order valence-corrected chi connectivity index (χ3v) is 4.46. The molecule has 1 aliphatic rings. The summed E-state index contributed by atoms with van der Waals surface area (Å²) in [5.74, 6) is 6.17. The van der Waals surface area contributed by atoms with E-state index in [0.29, 0.717) is 5.92 Å². The molecule has 0 fully saturated rings. The van der Waals surface area contributed by atoms with Gasteiger partial charge in [0.1, 0.15) is 0 Å². The summed E-state index contributed by atoms with van der Waals surface area (Å²) < 4.78 is 1.23. The van der Waals surface area contributed by atoms with E-state index in [4.69, 9.17) is 5.84 Å². The van der Waals surface area contributed by atoms with Gasteiger partial charge >= 0.3 is 0 Å². The van der Waals surface area contributed by atoms with Gasteiger partial charge in [-0.1, -0.05) is 18.2 Å². The van der Waals surface area contributed by atoms with Crippen LogP contribution < -0.4 is 11.3 Å². The summed E-state index contributed by atoms with van der Waals surface area (Å²) in [6.45, 7) is 0. The number of benzene rings is 1. The van der Waals surface area contributed by atoms with E-state index in [-0.39, 0.29) is 6.04 Å². The molecular formula is C15H16IN3. The molecule has 1 aromatic heterocycles. The highest BCUT2D eigenvalue weighted by atomic mass is 127. The predicted molar refractivity (Wildman–Crippen MR) is 84.5 cm³/mol. The molecular weight excluding hydrogens is 349 g/mol. The minimum atomic E-state index is 0.130. The Hall–Kier alpha value is -0.980. The molecule has 0 saturated heterocycles. The fourth-order valence-electron chi connectivity index (χ4n) is 2.91. The van der Waals surface area contributed by atoms with E-state index in [9.17, 15) is 0 Å². The third kappa shape index (κ3) is 2.52. The number of aryl methyl sites for hydroxylation is 1. The van der Waals surface area contributed by atoms with E-state index in [0.717, 1.165) is 12.8 Å². The van der Waals surface area contributed by atoms with E-state index < -0.39 is 0 Å². The normalized spacial score (nSPS) is 19.2. The first-order chi connectivity index (χ1) is 9.29. The highest BCUT2D eigenvalue weighted by Gasteiger charge is 2.31. The van der Waals surface area contributed by atoms with Crippen LogP contribution in [-0.2, 0) is 6.42 Å². The summed E-state index contributed by atoms with van der Waals surface area (Å²) >= 11 is 2.33. The van der Waals surface area contributed by atoms with Crippen LogP contribution in [0.5, 0.6) is 0 Å². The van der Waals surface area contributed by atoms with Crippen molar-refractivity contribution < 1.29 is 0 Å². The van der Waals surface area contributed by atoms with E-state index in [1.807, 2.05) is 12.3 Å². The Morgan fingerprint density at radius 1 is 1.32 bits per heavy atom. The van der Waals surface area contributed by atoms with Crippen LogP contribution in [0.25, 0.3) is 0 Å². The molecule has 98 valence electrons. The zero-order valence-electron chi connectivity index (χ0n) is 10.5. The zero-order chi connectivity index (χ0) is 13.2. The monoisotopic (exact) mass is 365 g/mol. The van der Waals surface area contributed by atoms with Crippen molar-refractivity contribution in [3.63, 3.8) is 0 Å². The molecule has 2 atom stereocenters. The maximum absolute atomic E-state index is 5.81. The Morgan fingerprint density at radius 3 is 3.00 bits per heavy atom. The standard InChI is InChI=1S/C15H16IN3/c16-12-5-1-3-11(9-12)15(19-17)13-7-6-10-4-2-8-18-14(10)13/h1-5,8-9,13,15,19H,6-7,17H2. The number of nitrogens with one attached hydrogen (secondary N) is 1. The van der Waals surface area contributed by atoms with Crippen LogP contribution in [-0.4, -0.2) is 4.98 Å². The van der Waals surface area contributed by atoms with Crippen molar-refractivity contribution in [3.8, 4) is 0 Å². The highest BCUT2D eigenvalue weighted by molar-refractivity contribution is 14.1. The van der Waals surface area contributed by atoms with Gasteiger partial charge in [-0.3, -0.25) is 16.3 Å². The lowest BCUT2D eigenvalue weighted by Crippen LogP contribution is -2.32. The molecule has 3 N–H and O–H groups in total. The first-order valence-electron chi connectivity index (χ1n) is 6.45. The van der Waals surface area contributed by atoms with Crippen molar-refractivity contribution in [1.29, 1.82) is 0 Å². The Labute approximate surface area is 126 Å². The first kappa shape index (κ1) is 13.0. The lowest BCUT2D eigenvalue weighted by atomic mass is 9.91. The van der Waals surface area contributed by atoms with Crippen molar-refractivity contribution in [1.82, 2.24) is 10.4 Å². The van der Waals surface area contributed by atoms with Crippen LogP contribution in [0.1, 0.15) is 35.2 Å². The van der Waals surface area contributed by atoms with Gasteiger partial charge in [0.05, 0.1) is 6.04 Å². The fraction of sp³-hybridized carbons (Fsp3) is 0.267. The molecule has 19 heavy (non-hydrogen) atoms. The topological polar surface area (TPSA) is 50.9 Å². The number of halogens is 1. The second-order valence-electron chi connectivity index (χ2n) is 4.89. The maximum Gasteiger partial charge on any atom is 0.0544 e. The van der Waals surface area contributed by atoms with Gasteiger partial charge in [0.25, 0.3) is 0 Å². The van der Waals surface area contributed by atoms with Crippen LogP contribution in [0.3, 0.4) is 0 Å². The van der Waals surface area contributed by atoms with Gasteiger partial charge in [-0.25, -0.2) is 0 Å². The average molecular weight is 365 g/mol. The Bertz CT molecular complexity index is 585. The molecule has 1 aliphatic carbocycles. The number of aromatic nitrogens is 1. The number of hydrogen-bond acceptors (Lipinski definition) is 3. The number of nitrogens with zero attached hydrogens (tertiary/aromatic N) is 1. The summed E-state index contributed by atoms with van der Waals surface area (Å²) in [5, 5.41) is 0. The predicted octanol–water partition coefficient (Wildman–Crippen LogP) is 2.92. The second kappa shape index (κ2) is 5.56. The summed E-state index contributed by atoms with van der Waals surface area (Å²) in [7, 11) is 0. The summed E-state index contributed by atoms with van der Waals surface area (Å²) in [4.78, 5) is 4.56. The SMILES string of the molecule is NNC(c1cccc(I)c1)C1CCc2cccnc21. The molecule has 1 aromatic carbocycles. The molecule has 2 unspecified atom stereocenters. The first-order valence-corrected chi connectivity index (χ1v) is 7.53. The molecule has 0 aliphatic heterocycles. The van der Waals surface area contributed by atoms with Crippen LogP contribution >= 0.6 is 22.6 Å². The molecule has 0 saturated carbocycles. The van der Waals surface area contributed by atoms with E-state index in [1.54, 1.807) is 0 Å². The molecule has 4 heteroatoms. The molecule has 3 rings (SSSR count). The van der Waals surface area contributed by atoms with Gasteiger partial charge in [0, 0.05) is 21.4 Å². The minimum Gasteiger partial charge on any atom is -0.271 e. The number of rotatable bonds is 3. The zero-order valence-corrected chi connectivity index (χ0v) is 12.7. The maximum atomic E-state index is 5.81. The number of pyridine rings is 1. The Balaban J connectivity index is 1.96. The van der Waals surface area contributed by atoms with Crippen molar-refractivity contribution in [3.05, 3.63) is 63.0 Å². The van der Waals surface area contributed by atoms with Crippen molar-refractivity contribution in [2.75, 3.05) is 0 Å². The van der Waals surface area contributed by atoms with Gasteiger partial charge < -0.3 is 0 Å². The number of hydrogen-bond donors (Lipinski definition) is 2. The summed E-state index contributed by atoms with van der Waals surface area (Å²) in [6.07, 6.45) is 4.07. The molecule has 3 nitrogen and oxygen atoms in total. The van der Waals surface area contributed by atoms with Crippen LogP contribution in [0.2, 0.25) is 0 Å². The van der Waals surface area contributed by atoms with Gasteiger partial charge in [-0.2, -0.15) is 0 Å². The van der Waals surface area contributed by atoms with Crippen molar-refractivity contribution in [2.45, 2.75) is 24.8 Å². The third-order valence-electron chi connectivity index (χ3n) is 3.79. The van der Waals surface area contributed by atoms with Gasteiger partial charge in [-0.05, 0) is 64.8 Å². The average Bonchev–Trinajstić information content (AvgIpc) is 2.84. The second-order valence-corrected chi connectivity index (χ2v) is 6.14. The van der Waals surface area contributed by atoms with Gasteiger partial charge in [-0.15, -0.1) is 0 Å².